The molecule has 0 saturated carbocycles. The fraction of sp³-hybridized carbons (Fsp3) is 0.200. The Labute approximate surface area is 145 Å². The molecule has 0 fully saturated rings. The van der Waals surface area contributed by atoms with E-state index in [1.54, 1.807) is 43.6 Å². The molecule has 2 aromatic carbocycles. The summed E-state index contributed by atoms with van der Waals surface area (Å²) >= 11 is 0. The van der Waals surface area contributed by atoms with Crippen LogP contribution in [0.2, 0.25) is 0 Å². The lowest BCUT2D eigenvalue weighted by Crippen LogP contribution is -2.32. The van der Waals surface area contributed by atoms with E-state index in [9.17, 15) is 9.59 Å². The number of methoxy groups -OCH3 is 1. The van der Waals surface area contributed by atoms with Gasteiger partial charge in [-0.05, 0) is 32.0 Å². The number of ether oxygens (including phenoxy) is 1. The van der Waals surface area contributed by atoms with Crippen LogP contribution >= 0.6 is 0 Å². The number of hydrogen-bond acceptors (Lipinski definition) is 3. The van der Waals surface area contributed by atoms with Gasteiger partial charge in [-0.25, -0.2) is 0 Å². The molecule has 0 radical (unpaired) electrons. The lowest BCUT2D eigenvalue weighted by atomic mass is 10.1. The first-order valence-electron chi connectivity index (χ1n) is 8.11. The summed E-state index contributed by atoms with van der Waals surface area (Å²) in [5.74, 6) is 0.352. The average Bonchev–Trinajstić information content (AvgIpc) is 2.61. The molecular weight excluding hydrogens is 316 g/mol. The van der Waals surface area contributed by atoms with Crippen molar-refractivity contribution in [3.8, 4) is 11.4 Å². The first-order chi connectivity index (χ1) is 12.0. The SMILES string of the molecule is COc1ccccc1-n1cc(C(=O)NC(C)C)c2ccccc2c1=O. The average molecular weight is 336 g/mol. The highest BCUT2D eigenvalue weighted by Gasteiger charge is 2.17. The van der Waals surface area contributed by atoms with Crippen molar-refractivity contribution < 1.29 is 9.53 Å². The first kappa shape index (κ1) is 16.8. The Hall–Kier alpha value is -3.08. The number of amides is 1. The smallest absolute Gasteiger partial charge is 0.263 e. The minimum Gasteiger partial charge on any atom is -0.495 e. The Morgan fingerprint density at radius 1 is 1.04 bits per heavy atom. The number of pyridine rings is 1. The van der Waals surface area contributed by atoms with E-state index in [1.165, 1.54) is 4.57 Å². The highest BCUT2D eigenvalue weighted by atomic mass is 16.5. The first-order valence-corrected chi connectivity index (χ1v) is 8.11. The summed E-state index contributed by atoms with van der Waals surface area (Å²) in [5.41, 5.74) is 0.857. The van der Waals surface area contributed by atoms with Crippen LogP contribution in [0.1, 0.15) is 24.2 Å². The Bertz CT molecular complexity index is 990. The molecule has 0 spiro atoms. The zero-order valence-corrected chi connectivity index (χ0v) is 14.4. The van der Waals surface area contributed by atoms with E-state index >= 15 is 0 Å². The summed E-state index contributed by atoms with van der Waals surface area (Å²) < 4.78 is 6.84. The van der Waals surface area contributed by atoms with Crippen LogP contribution in [-0.4, -0.2) is 23.6 Å². The van der Waals surface area contributed by atoms with Gasteiger partial charge in [0.15, 0.2) is 0 Å². The van der Waals surface area contributed by atoms with Crippen molar-refractivity contribution in [1.82, 2.24) is 9.88 Å². The molecule has 0 unspecified atom stereocenters. The van der Waals surface area contributed by atoms with Gasteiger partial charge in [0.1, 0.15) is 5.75 Å². The molecule has 1 N–H and O–H groups in total. The lowest BCUT2D eigenvalue weighted by molar-refractivity contribution is 0.0944. The molecule has 128 valence electrons. The van der Waals surface area contributed by atoms with Crippen molar-refractivity contribution >= 4 is 16.7 Å². The van der Waals surface area contributed by atoms with Crippen LogP contribution < -0.4 is 15.6 Å². The second kappa shape index (κ2) is 6.81. The normalized spacial score (nSPS) is 10.9. The summed E-state index contributed by atoms with van der Waals surface area (Å²) in [6, 6.07) is 14.4. The van der Waals surface area contributed by atoms with E-state index in [0.717, 1.165) is 0 Å². The third-order valence-electron chi connectivity index (χ3n) is 3.93. The summed E-state index contributed by atoms with van der Waals surface area (Å²) in [6.45, 7) is 3.80. The van der Waals surface area contributed by atoms with Gasteiger partial charge in [-0.2, -0.15) is 0 Å². The van der Waals surface area contributed by atoms with E-state index < -0.39 is 0 Å². The lowest BCUT2D eigenvalue weighted by Gasteiger charge is -2.15. The maximum absolute atomic E-state index is 13.0. The molecule has 5 heteroatoms. The fourth-order valence-corrected chi connectivity index (χ4v) is 2.82. The minimum absolute atomic E-state index is 0.00194. The maximum Gasteiger partial charge on any atom is 0.263 e. The van der Waals surface area contributed by atoms with Gasteiger partial charge in [0.25, 0.3) is 11.5 Å². The molecule has 25 heavy (non-hydrogen) atoms. The molecule has 5 nitrogen and oxygen atoms in total. The predicted octanol–water partition coefficient (Wildman–Crippen LogP) is 3.14. The second-order valence-corrected chi connectivity index (χ2v) is 6.06. The third-order valence-corrected chi connectivity index (χ3v) is 3.93. The number of para-hydroxylation sites is 2. The Morgan fingerprint density at radius 2 is 1.68 bits per heavy atom. The second-order valence-electron chi connectivity index (χ2n) is 6.06. The van der Waals surface area contributed by atoms with Crippen molar-refractivity contribution in [1.29, 1.82) is 0 Å². The van der Waals surface area contributed by atoms with E-state index in [4.69, 9.17) is 4.74 Å². The van der Waals surface area contributed by atoms with Crippen LogP contribution in [0, 0.1) is 0 Å². The van der Waals surface area contributed by atoms with Gasteiger partial charge < -0.3 is 10.1 Å². The number of fused-ring (bicyclic) bond motifs is 1. The molecule has 0 aliphatic carbocycles. The van der Waals surface area contributed by atoms with Crippen LogP contribution in [0.15, 0.2) is 59.5 Å². The standard InChI is InChI=1S/C20H20N2O3/c1-13(2)21-19(23)16-12-22(17-10-6-7-11-18(17)25-3)20(24)15-9-5-4-8-14(15)16/h4-13H,1-3H3,(H,21,23). The number of benzene rings is 2. The molecule has 3 rings (SSSR count). The van der Waals surface area contributed by atoms with Gasteiger partial charge in [0, 0.05) is 23.0 Å². The summed E-state index contributed by atoms with van der Waals surface area (Å²) in [7, 11) is 1.55. The van der Waals surface area contributed by atoms with Crippen molar-refractivity contribution in [3.63, 3.8) is 0 Å². The van der Waals surface area contributed by atoms with Gasteiger partial charge in [-0.1, -0.05) is 30.3 Å². The molecule has 1 aromatic heterocycles. The highest BCUT2D eigenvalue weighted by molar-refractivity contribution is 6.06. The Kier molecular flexibility index (Phi) is 4.57. The van der Waals surface area contributed by atoms with Crippen molar-refractivity contribution in [2.45, 2.75) is 19.9 Å². The number of hydrogen-bond donors (Lipinski definition) is 1. The summed E-state index contributed by atoms with van der Waals surface area (Å²) in [5, 5.41) is 4.02. The number of aromatic nitrogens is 1. The molecule has 0 saturated heterocycles. The molecule has 0 aliphatic heterocycles. The van der Waals surface area contributed by atoms with Gasteiger partial charge in [0.05, 0.1) is 18.4 Å². The zero-order chi connectivity index (χ0) is 18.0. The Balaban J connectivity index is 2.32. The molecule has 1 heterocycles. The van der Waals surface area contributed by atoms with Crippen LogP contribution in [-0.2, 0) is 0 Å². The monoisotopic (exact) mass is 336 g/mol. The van der Waals surface area contributed by atoms with Crippen LogP contribution in [0.4, 0.5) is 0 Å². The quantitative estimate of drug-likeness (QED) is 0.796. The van der Waals surface area contributed by atoms with Gasteiger partial charge >= 0.3 is 0 Å². The number of carbonyl (C=O) groups is 1. The minimum atomic E-state index is -0.213. The van der Waals surface area contributed by atoms with Crippen molar-refractivity contribution in [3.05, 3.63) is 70.6 Å². The zero-order valence-electron chi connectivity index (χ0n) is 14.4. The van der Waals surface area contributed by atoms with E-state index in [-0.39, 0.29) is 17.5 Å². The molecule has 3 aromatic rings. The molecule has 1 amide bonds. The van der Waals surface area contributed by atoms with Gasteiger partial charge in [0.2, 0.25) is 0 Å². The molecule has 0 atom stereocenters. The van der Waals surface area contributed by atoms with Crippen LogP contribution in [0.3, 0.4) is 0 Å². The summed E-state index contributed by atoms with van der Waals surface area (Å²) in [4.78, 5) is 25.6. The summed E-state index contributed by atoms with van der Waals surface area (Å²) in [6.07, 6.45) is 1.58. The van der Waals surface area contributed by atoms with Crippen molar-refractivity contribution in [2.24, 2.45) is 0 Å². The molecule has 0 bridgehead atoms. The number of nitrogens with one attached hydrogen (secondary N) is 1. The van der Waals surface area contributed by atoms with Crippen LogP contribution in [0.5, 0.6) is 5.75 Å². The van der Waals surface area contributed by atoms with E-state index in [2.05, 4.69) is 5.32 Å². The van der Waals surface area contributed by atoms with Gasteiger partial charge in [-0.15, -0.1) is 0 Å². The van der Waals surface area contributed by atoms with E-state index in [0.29, 0.717) is 27.8 Å². The molecule has 0 aliphatic rings. The Morgan fingerprint density at radius 3 is 2.36 bits per heavy atom. The van der Waals surface area contributed by atoms with E-state index in [1.807, 2.05) is 32.0 Å². The molecular formula is C20H20N2O3. The fourth-order valence-electron chi connectivity index (χ4n) is 2.82. The van der Waals surface area contributed by atoms with Gasteiger partial charge in [-0.3, -0.25) is 14.2 Å². The number of nitrogens with zero attached hydrogens (tertiary/aromatic N) is 1. The maximum atomic E-state index is 13.0. The largest absolute Gasteiger partial charge is 0.495 e. The number of carbonyl (C=O) groups excluding carboxylic acids is 1. The number of rotatable bonds is 4. The van der Waals surface area contributed by atoms with Crippen LogP contribution in [0.25, 0.3) is 16.5 Å². The highest BCUT2D eigenvalue weighted by Crippen LogP contribution is 2.23. The third kappa shape index (κ3) is 3.13. The topological polar surface area (TPSA) is 60.3 Å². The predicted molar refractivity (Wildman–Crippen MR) is 98.7 cm³/mol. The van der Waals surface area contributed by atoms with Crippen molar-refractivity contribution in [2.75, 3.05) is 7.11 Å².